The van der Waals surface area contributed by atoms with Gasteiger partial charge in [-0.3, -0.25) is 5.43 Å². The molecule has 0 spiro atoms. The lowest BCUT2D eigenvalue weighted by Gasteiger charge is -2.05. The van der Waals surface area contributed by atoms with Gasteiger partial charge in [-0.15, -0.1) is 0 Å². The van der Waals surface area contributed by atoms with E-state index in [0.29, 0.717) is 10.0 Å². The summed E-state index contributed by atoms with van der Waals surface area (Å²) in [6, 6.07) is 13.8. The molecule has 1 aliphatic rings. The summed E-state index contributed by atoms with van der Waals surface area (Å²) >= 11 is 12.1. The van der Waals surface area contributed by atoms with Crippen LogP contribution in [0.2, 0.25) is 10.0 Å². The second-order valence-corrected chi connectivity index (χ2v) is 6.53. The molecule has 0 radical (unpaired) electrons. The second-order valence-electron chi connectivity index (χ2n) is 5.69. The van der Waals surface area contributed by atoms with Gasteiger partial charge < -0.3 is 4.57 Å². The highest BCUT2D eigenvalue weighted by Crippen LogP contribution is 2.31. The molecule has 116 valence electrons. The Bertz CT molecular complexity index is 941. The fraction of sp³-hybridized carbons (Fsp3) is 0.167. The number of rotatable bonds is 2. The van der Waals surface area contributed by atoms with E-state index in [4.69, 9.17) is 23.2 Å². The summed E-state index contributed by atoms with van der Waals surface area (Å²) in [7, 11) is 0. The number of hydrogen-bond acceptors (Lipinski definition) is 2. The number of aromatic nitrogens is 1. The SMILES string of the molecule is Cc1c2n(c3ccccc13)CC/C2=N\Nc1ccc(Cl)cc1Cl. The van der Waals surface area contributed by atoms with Crippen LogP contribution >= 0.6 is 23.2 Å². The third-order valence-corrected chi connectivity index (χ3v) is 4.86. The molecule has 2 aromatic carbocycles. The first-order valence-electron chi connectivity index (χ1n) is 7.51. The largest absolute Gasteiger partial charge is 0.339 e. The molecule has 0 saturated carbocycles. The molecule has 0 amide bonds. The molecule has 1 N–H and O–H groups in total. The van der Waals surface area contributed by atoms with Gasteiger partial charge in [0.15, 0.2) is 0 Å². The lowest BCUT2D eigenvalue weighted by atomic mass is 10.1. The van der Waals surface area contributed by atoms with Crippen molar-refractivity contribution < 1.29 is 0 Å². The predicted octanol–water partition coefficient (Wildman–Crippen LogP) is 5.48. The minimum Gasteiger partial charge on any atom is -0.339 e. The molecular weight excluding hydrogens is 329 g/mol. The van der Waals surface area contributed by atoms with Crippen molar-refractivity contribution in [3.63, 3.8) is 0 Å². The third-order valence-electron chi connectivity index (χ3n) is 4.31. The van der Waals surface area contributed by atoms with Gasteiger partial charge >= 0.3 is 0 Å². The van der Waals surface area contributed by atoms with E-state index in [9.17, 15) is 0 Å². The molecule has 3 aromatic rings. The van der Waals surface area contributed by atoms with Crippen LogP contribution < -0.4 is 5.43 Å². The number of anilines is 1. The van der Waals surface area contributed by atoms with Gasteiger partial charge in [-0.25, -0.2) is 0 Å². The molecular formula is C18H15Cl2N3. The number of aryl methyl sites for hydroxylation is 2. The van der Waals surface area contributed by atoms with E-state index in [1.165, 1.54) is 22.2 Å². The van der Waals surface area contributed by atoms with Crippen LogP contribution in [0.4, 0.5) is 5.69 Å². The van der Waals surface area contributed by atoms with Crippen molar-refractivity contribution in [1.29, 1.82) is 0 Å². The van der Waals surface area contributed by atoms with E-state index in [-0.39, 0.29) is 0 Å². The second kappa shape index (κ2) is 5.59. The van der Waals surface area contributed by atoms with E-state index in [2.05, 4.69) is 46.3 Å². The number of benzene rings is 2. The van der Waals surface area contributed by atoms with Crippen molar-refractivity contribution in [1.82, 2.24) is 4.57 Å². The summed E-state index contributed by atoms with van der Waals surface area (Å²) in [4.78, 5) is 0. The highest BCUT2D eigenvalue weighted by atomic mass is 35.5. The highest BCUT2D eigenvalue weighted by Gasteiger charge is 2.24. The van der Waals surface area contributed by atoms with Crippen molar-refractivity contribution in [3.8, 4) is 0 Å². The molecule has 0 saturated heterocycles. The highest BCUT2D eigenvalue weighted by molar-refractivity contribution is 6.36. The van der Waals surface area contributed by atoms with E-state index in [1.54, 1.807) is 12.1 Å². The first-order valence-corrected chi connectivity index (χ1v) is 8.26. The maximum absolute atomic E-state index is 6.19. The summed E-state index contributed by atoms with van der Waals surface area (Å²) in [5.41, 5.74) is 8.66. The maximum Gasteiger partial charge on any atom is 0.0864 e. The smallest absolute Gasteiger partial charge is 0.0864 e. The summed E-state index contributed by atoms with van der Waals surface area (Å²) in [6.07, 6.45) is 0.916. The van der Waals surface area contributed by atoms with Gasteiger partial charge in [0.1, 0.15) is 0 Å². The van der Waals surface area contributed by atoms with Crippen LogP contribution in [0, 0.1) is 6.92 Å². The minimum atomic E-state index is 0.567. The average Bonchev–Trinajstić information content (AvgIpc) is 3.08. The Morgan fingerprint density at radius 1 is 1.13 bits per heavy atom. The van der Waals surface area contributed by atoms with E-state index >= 15 is 0 Å². The molecule has 1 aliphatic heterocycles. The normalized spacial score (nSPS) is 15.3. The van der Waals surface area contributed by atoms with E-state index in [0.717, 1.165) is 24.4 Å². The summed E-state index contributed by atoms with van der Waals surface area (Å²) in [6.45, 7) is 3.11. The number of para-hydroxylation sites is 1. The Labute approximate surface area is 144 Å². The van der Waals surface area contributed by atoms with Crippen LogP contribution in [0.3, 0.4) is 0 Å². The van der Waals surface area contributed by atoms with Crippen molar-refractivity contribution in [2.24, 2.45) is 5.10 Å². The van der Waals surface area contributed by atoms with Gasteiger partial charge in [0.05, 0.1) is 22.1 Å². The Morgan fingerprint density at radius 3 is 2.78 bits per heavy atom. The Kier molecular flexibility index (Phi) is 3.55. The van der Waals surface area contributed by atoms with Crippen LogP contribution in [0.25, 0.3) is 10.9 Å². The van der Waals surface area contributed by atoms with E-state index < -0.39 is 0 Å². The Balaban J connectivity index is 1.73. The monoisotopic (exact) mass is 343 g/mol. The standard InChI is InChI=1S/C18H15Cl2N3/c1-11-13-4-2-3-5-17(13)23-9-8-16(18(11)23)22-21-15-7-6-12(19)10-14(15)20/h2-7,10,21H,8-9H2,1H3/b22-16+. The van der Waals surface area contributed by atoms with Crippen molar-refractivity contribution in [2.45, 2.75) is 19.9 Å². The summed E-state index contributed by atoms with van der Waals surface area (Å²) in [5.74, 6) is 0. The number of hydrogen-bond donors (Lipinski definition) is 1. The first kappa shape index (κ1) is 14.6. The Morgan fingerprint density at radius 2 is 1.96 bits per heavy atom. The van der Waals surface area contributed by atoms with Crippen LogP contribution in [0.5, 0.6) is 0 Å². The van der Waals surface area contributed by atoms with Gasteiger partial charge in [0.2, 0.25) is 0 Å². The number of nitrogens with zero attached hydrogens (tertiary/aromatic N) is 2. The van der Waals surface area contributed by atoms with Crippen molar-refractivity contribution in [2.75, 3.05) is 5.43 Å². The maximum atomic E-state index is 6.19. The molecule has 0 unspecified atom stereocenters. The van der Waals surface area contributed by atoms with Crippen molar-refractivity contribution in [3.05, 3.63) is 63.8 Å². The van der Waals surface area contributed by atoms with Crippen LogP contribution in [-0.2, 0) is 6.54 Å². The number of halogens is 2. The quantitative estimate of drug-likeness (QED) is 0.613. The van der Waals surface area contributed by atoms with Crippen LogP contribution in [-0.4, -0.2) is 10.3 Å². The fourth-order valence-corrected chi connectivity index (χ4v) is 3.68. The number of hydrazone groups is 1. The first-order chi connectivity index (χ1) is 11.1. The minimum absolute atomic E-state index is 0.567. The zero-order chi connectivity index (χ0) is 16.0. The zero-order valence-electron chi connectivity index (χ0n) is 12.6. The fourth-order valence-electron chi connectivity index (χ4n) is 3.23. The number of nitrogens with one attached hydrogen (secondary N) is 1. The van der Waals surface area contributed by atoms with Gasteiger partial charge in [-0.2, -0.15) is 5.10 Å². The average molecular weight is 344 g/mol. The number of fused-ring (bicyclic) bond motifs is 3. The molecule has 0 bridgehead atoms. The molecule has 3 nitrogen and oxygen atoms in total. The summed E-state index contributed by atoms with van der Waals surface area (Å²) in [5, 5.41) is 7.07. The molecule has 0 fully saturated rings. The van der Waals surface area contributed by atoms with Gasteiger partial charge in [-0.1, -0.05) is 41.4 Å². The van der Waals surface area contributed by atoms with Crippen molar-refractivity contribution >= 4 is 45.5 Å². The Hall–Kier alpha value is -1.97. The summed E-state index contributed by atoms with van der Waals surface area (Å²) < 4.78 is 2.34. The van der Waals surface area contributed by atoms with Gasteiger partial charge in [0.25, 0.3) is 0 Å². The van der Waals surface area contributed by atoms with Crippen LogP contribution in [0.1, 0.15) is 17.7 Å². The van der Waals surface area contributed by atoms with Gasteiger partial charge in [-0.05, 0) is 36.8 Å². The lowest BCUT2D eigenvalue weighted by Crippen LogP contribution is -2.02. The molecule has 0 atom stereocenters. The topological polar surface area (TPSA) is 29.3 Å². The predicted molar refractivity (Wildman–Crippen MR) is 97.9 cm³/mol. The molecule has 23 heavy (non-hydrogen) atoms. The lowest BCUT2D eigenvalue weighted by molar-refractivity contribution is 0.797. The third kappa shape index (κ3) is 2.41. The van der Waals surface area contributed by atoms with Crippen LogP contribution in [0.15, 0.2) is 47.6 Å². The van der Waals surface area contributed by atoms with Gasteiger partial charge in [0, 0.05) is 28.9 Å². The zero-order valence-corrected chi connectivity index (χ0v) is 14.1. The molecule has 0 aliphatic carbocycles. The molecule has 5 heteroatoms. The molecule has 1 aromatic heterocycles. The molecule has 2 heterocycles. The van der Waals surface area contributed by atoms with E-state index in [1.807, 2.05) is 6.07 Å². The molecule has 4 rings (SSSR count).